The van der Waals surface area contributed by atoms with Gasteiger partial charge in [0.15, 0.2) is 9.84 Å². The van der Waals surface area contributed by atoms with Crippen molar-refractivity contribution in [2.24, 2.45) is 0 Å². The molecule has 37 heavy (non-hydrogen) atoms. The van der Waals surface area contributed by atoms with Crippen LogP contribution in [0.15, 0.2) is 59.5 Å². The predicted octanol–water partition coefficient (Wildman–Crippen LogP) is 3.40. The number of carbonyl (C=O) groups is 2. The summed E-state index contributed by atoms with van der Waals surface area (Å²) in [5.41, 5.74) is 2.13. The van der Waals surface area contributed by atoms with Gasteiger partial charge in [0.2, 0.25) is 5.91 Å². The third-order valence-corrected chi connectivity index (χ3v) is 6.80. The quantitative estimate of drug-likeness (QED) is 0.308. The number of aliphatic carboxylic acids is 1. The van der Waals surface area contributed by atoms with E-state index in [4.69, 9.17) is 0 Å². The second-order valence-corrected chi connectivity index (χ2v) is 10.2. The first-order valence-corrected chi connectivity index (χ1v) is 12.8. The highest BCUT2D eigenvalue weighted by Gasteiger charge is 2.32. The Morgan fingerprint density at radius 1 is 1.16 bits per heavy atom. The van der Waals surface area contributed by atoms with Crippen LogP contribution in [0.3, 0.4) is 0 Å². The van der Waals surface area contributed by atoms with Gasteiger partial charge in [-0.2, -0.15) is 0 Å². The average molecular weight is 534 g/mol. The van der Waals surface area contributed by atoms with Gasteiger partial charge >= 0.3 is 5.97 Å². The van der Waals surface area contributed by atoms with Gasteiger partial charge in [-0.1, -0.05) is 12.1 Å². The third kappa shape index (κ3) is 6.12. The molecule has 0 aliphatic rings. The maximum absolute atomic E-state index is 13.6. The predicted molar refractivity (Wildman–Crippen MR) is 131 cm³/mol. The van der Waals surface area contributed by atoms with Crippen LogP contribution in [0.2, 0.25) is 0 Å². The van der Waals surface area contributed by atoms with Gasteiger partial charge in [-0.25, -0.2) is 17.6 Å². The van der Waals surface area contributed by atoms with Gasteiger partial charge in [0.25, 0.3) is 5.09 Å². The summed E-state index contributed by atoms with van der Waals surface area (Å²) in [5, 5.41) is 19.3. The van der Waals surface area contributed by atoms with Gasteiger partial charge in [0, 0.05) is 31.0 Å². The molecule has 196 valence electrons. The zero-order valence-electron chi connectivity index (χ0n) is 20.1. The molecule has 0 saturated heterocycles. The third-order valence-electron chi connectivity index (χ3n) is 5.67. The van der Waals surface area contributed by atoms with E-state index in [-0.39, 0.29) is 17.0 Å². The molecule has 0 radical (unpaired) electrons. The van der Waals surface area contributed by atoms with E-state index in [0.29, 0.717) is 22.6 Å². The van der Waals surface area contributed by atoms with Gasteiger partial charge in [-0.05, 0) is 55.0 Å². The molecule has 1 unspecified atom stereocenters. The Bertz CT molecular complexity index is 1430. The second-order valence-electron chi connectivity index (χ2n) is 8.20. The number of carboxylic acids is 1. The van der Waals surface area contributed by atoms with Crippen molar-refractivity contribution in [3.8, 4) is 16.9 Å². The lowest BCUT2D eigenvalue weighted by molar-refractivity contribution is -0.757. The maximum atomic E-state index is 13.6. The summed E-state index contributed by atoms with van der Waals surface area (Å²) in [4.78, 5) is 40.7. The number of rotatable bonds is 10. The van der Waals surface area contributed by atoms with E-state index < -0.39 is 45.3 Å². The summed E-state index contributed by atoms with van der Waals surface area (Å²) in [6, 6.07) is 11.5. The van der Waals surface area contributed by atoms with Gasteiger partial charge in [-0.3, -0.25) is 9.69 Å². The Kier molecular flexibility index (Phi) is 7.96. The number of sulfone groups is 1. The van der Waals surface area contributed by atoms with Crippen LogP contribution in [-0.4, -0.2) is 54.0 Å². The highest BCUT2D eigenvalue weighted by Crippen LogP contribution is 2.36. The van der Waals surface area contributed by atoms with Gasteiger partial charge < -0.3 is 14.5 Å². The summed E-state index contributed by atoms with van der Waals surface area (Å²) >= 11 is 0. The SMILES string of the molecule is CC(=O)N(c1cc(-c2ccc(S(C)(=O)=O)cc2)n(-c2ccc(F)cc2)c1C)C(CCO[N+](=O)[O-])C(=O)O. The van der Waals surface area contributed by atoms with Crippen molar-refractivity contribution in [2.75, 3.05) is 17.8 Å². The van der Waals surface area contributed by atoms with Crippen LogP contribution in [0.4, 0.5) is 10.1 Å². The molecule has 2 aromatic carbocycles. The topological polar surface area (TPSA) is 149 Å². The minimum Gasteiger partial charge on any atom is -0.480 e. The smallest absolute Gasteiger partial charge is 0.326 e. The van der Waals surface area contributed by atoms with Crippen molar-refractivity contribution < 1.29 is 37.4 Å². The number of nitrogens with zero attached hydrogens (tertiary/aromatic N) is 3. The average Bonchev–Trinajstić information content (AvgIpc) is 3.14. The van der Waals surface area contributed by atoms with E-state index in [1.807, 2.05) is 0 Å². The number of benzene rings is 2. The Morgan fingerprint density at radius 3 is 2.24 bits per heavy atom. The number of anilines is 1. The lowest BCUT2D eigenvalue weighted by Crippen LogP contribution is -2.45. The number of amides is 1. The fraction of sp³-hybridized carbons (Fsp3) is 0.250. The van der Waals surface area contributed by atoms with Crippen LogP contribution in [0.25, 0.3) is 16.9 Å². The maximum Gasteiger partial charge on any atom is 0.326 e. The molecule has 1 atom stereocenters. The van der Waals surface area contributed by atoms with Gasteiger partial charge in [0.05, 0.1) is 22.9 Å². The standard InChI is InChI=1S/C24H24FN3O8S/c1-15-22(27(16(2)29)21(24(30)31)12-13-36-28(32)33)14-23(26(15)19-8-6-18(25)7-9-19)17-4-10-20(11-5-17)37(3,34)35/h4-11,14,21H,12-13H2,1-3H3,(H,30,31). The molecule has 0 spiro atoms. The molecule has 3 aromatic rings. The van der Waals surface area contributed by atoms with Crippen LogP contribution in [0.1, 0.15) is 19.0 Å². The normalized spacial score (nSPS) is 12.1. The molecule has 11 nitrogen and oxygen atoms in total. The first-order valence-electron chi connectivity index (χ1n) is 10.9. The molecule has 0 aliphatic carbocycles. The second kappa shape index (κ2) is 10.8. The number of hydrogen-bond donors (Lipinski definition) is 1. The van der Waals surface area contributed by atoms with Crippen LogP contribution in [0, 0.1) is 22.9 Å². The molecule has 0 aliphatic heterocycles. The molecule has 1 N–H and O–H groups in total. The Balaban J connectivity index is 2.21. The zero-order chi connectivity index (χ0) is 27.5. The highest BCUT2D eigenvalue weighted by atomic mass is 32.2. The summed E-state index contributed by atoms with van der Waals surface area (Å²) in [5.74, 6) is -2.50. The minimum atomic E-state index is -3.46. The Hall–Kier alpha value is -4.26. The van der Waals surface area contributed by atoms with Gasteiger partial charge in [-0.15, -0.1) is 10.1 Å². The van der Waals surface area contributed by atoms with Crippen LogP contribution >= 0.6 is 0 Å². The van der Waals surface area contributed by atoms with E-state index in [1.54, 1.807) is 29.7 Å². The molecular weight excluding hydrogens is 509 g/mol. The molecule has 1 amide bonds. The van der Waals surface area contributed by atoms with E-state index in [1.165, 1.54) is 43.3 Å². The van der Waals surface area contributed by atoms with Crippen LogP contribution in [0.5, 0.6) is 0 Å². The van der Waals surface area contributed by atoms with E-state index >= 15 is 0 Å². The van der Waals surface area contributed by atoms with Crippen LogP contribution in [-0.2, 0) is 24.3 Å². The molecule has 3 rings (SSSR count). The Morgan fingerprint density at radius 2 is 1.76 bits per heavy atom. The molecule has 1 aromatic heterocycles. The lowest BCUT2D eigenvalue weighted by atomic mass is 10.1. The number of aromatic nitrogens is 1. The molecular formula is C24H24FN3O8S. The van der Waals surface area contributed by atoms with Crippen molar-refractivity contribution in [1.29, 1.82) is 0 Å². The van der Waals surface area contributed by atoms with E-state index in [2.05, 4.69) is 4.84 Å². The first-order chi connectivity index (χ1) is 17.3. The highest BCUT2D eigenvalue weighted by molar-refractivity contribution is 7.90. The first kappa shape index (κ1) is 27.3. The van der Waals surface area contributed by atoms with Crippen molar-refractivity contribution in [3.05, 3.63) is 76.2 Å². The summed E-state index contributed by atoms with van der Waals surface area (Å²) in [6.45, 7) is 2.25. The van der Waals surface area contributed by atoms with E-state index in [9.17, 15) is 37.6 Å². The molecule has 0 fully saturated rings. The molecule has 0 saturated carbocycles. The molecule has 1 heterocycles. The fourth-order valence-electron chi connectivity index (χ4n) is 4.00. The molecule has 13 heteroatoms. The van der Waals surface area contributed by atoms with Gasteiger partial charge in [0.1, 0.15) is 11.9 Å². The van der Waals surface area contributed by atoms with Crippen molar-refractivity contribution >= 4 is 27.4 Å². The van der Waals surface area contributed by atoms with Crippen molar-refractivity contribution in [1.82, 2.24) is 4.57 Å². The van der Waals surface area contributed by atoms with E-state index in [0.717, 1.165) is 11.2 Å². The number of carbonyl (C=O) groups excluding carboxylic acids is 1. The lowest BCUT2D eigenvalue weighted by Gasteiger charge is -2.28. The number of carboxylic acid groups (broad SMARTS) is 1. The zero-order valence-corrected chi connectivity index (χ0v) is 20.9. The minimum absolute atomic E-state index is 0.0928. The molecule has 0 bridgehead atoms. The van der Waals surface area contributed by atoms with Crippen molar-refractivity contribution in [3.63, 3.8) is 0 Å². The number of hydrogen-bond acceptors (Lipinski definition) is 7. The summed E-state index contributed by atoms with van der Waals surface area (Å²) < 4.78 is 39.1. The largest absolute Gasteiger partial charge is 0.480 e. The Labute approximate surface area is 211 Å². The fourth-order valence-corrected chi connectivity index (χ4v) is 4.64. The number of halogens is 1. The monoisotopic (exact) mass is 533 g/mol. The van der Waals surface area contributed by atoms with Crippen molar-refractivity contribution in [2.45, 2.75) is 31.2 Å². The summed E-state index contributed by atoms with van der Waals surface area (Å²) in [7, 11) is -3.46. The van der Waals surface area contributed by atoms with Crippen LogP contribution < -0.4 is 4.90 Å². The summed E-state index contributed by atoms with van der Waals surface area (Å²) in [6.07, 6.45) is 0.709.